The summed E-state index contributed by atoms with van der Waals surface area (Å²) in [5.74, 6) is 1.73. The predicted octanol–water partition coefficient (Wildman–Crippen LogP) is 1.31. The van der Waals surface area contributed by atoms with Crippen molar-refractivity contribution in [3.8, 4) is 11.4 Å². The quantitative estimate of drug-likeness (QED) is 0.638. The molecular formula is C19H24ClN7O2. The number of nitrogens with zero attached hydrogens (tertiary/aromatic N) is 5. The maximum absolute atomic E-state index is 12.6. The van der Waals surface area contributed by atoms with Gasteiger partial charge in [0.1, 0.15) is 5.82 Å². The van der Waals surface area contributed by atoms with Crippen molar-refractivity contribution in [1.29, 1.82) is 0 Å². The Kier molecular flexibility index (Phi) is 6.73. The highest BCUT2D eigenvalue weighted by Gasteiger charge is 2.25. The maximum atomic E-state index is 12.6. The molecule has 1 unspecified atom stereocenters. The van der Waals surface area contributed by atoms with Gasteiger partial charge in [0, 0.05) is 55.3 Å². The number of aromatic amines is 1. The van der Waals surface area contributed by atoms with Crippen LogP contribution in [0.15, 0.2) is 33.8 Å². The van der Waals surface area contributed by atoms with Crippen LogP contribution < -0.4 is 10.9 Å². The van der Waals surface area contributed by atoms with Gasteiger partial charge in [0.2, 0.25) is 5.89 Å². The number of aromatic nitrogens is 5. The number of aryl methyl sites for hydroxylation is 2. The Balaban J connectivity index is 0.00000240. The van der Waals surface area contributed by atoms with E-state index in [0.717, 1.165) is 25.2 Å². The number of H-pyrrole nitrogens is 1. The van der Waals surface area contributed by atoms with Gasteiger partial charge in [-0.05, 0) is 32.5 Å². The van der Waals surface area contributed by atoms with Crippen molar-refractivity contribution in [2.45, 2.75) is 25.8 Å². The van der Waals surface area contributed by atoms with Crippen LogP contribution in [0, 0.1) is 6.92 Å². The van der Waals surface area contributed by atoms with Gasteiger partial charge in [0.25, 0.3) is 5.56 Å². The standard InChI is InChI=1S/C19H23N7O2.ClH/c1-12-14(19(27)24-17(22-12)13-4-3-7-20-10-13)5-6-16-23-18(25-28-16)15-11-21-8-9-26(15)2;/h3-4,7,10,15,21H,5-6,8-9,11H2,1-2H3,(H,22,24,27);1H. The van der Waals surface area contributed by atoms with Crippen LogP contribution in [0.1, 0.15) is 29.0 Å². The number of hydrogen-bond acceptors (Lipinski definition) is 8. The summed E-state index contributed by atoms with van der Waals surface area (Å²) < 4.78 is 5.40. The minimum absolute atomic E-state index is 0. The molecule has 1 aliphatic heterocycles. The van der Waals surface area contributed by atoms with E-state index in [0.29, 0.717) is 41.6 Å². The van der Waals surface area contributed by atoms with Gasteiger partial charge >= 0.3 is 0 Å². The lowest BCUT2D eigenvalue weighted by molar-refractivity contribution is 0.190. The van der Waals surface area contributed by atoms with E-state index in [1.807, 2.05) is 19.1 Å². The Morgan fingerprint density at radius 2 is 2.17 bits per heavy atom. The van der Waals surface area contributed by atoms with Gasteiger partial charge in [-0.25, -0.2) is 4.98 Å². The van der Waals surface area contributed by atoms with Crippen molar-refractivity contribution in [3.05, 3.63) is 57.9 Å². The van der Waals surface area contributed by atoms with E-state index < -0.39 is 0 Å². The Labute approximate surface area is 174 Å². The summed E-state index contributed by atoms with van der Waals surface area (Å²) in [4.78, 5) is 30.7. The third-order valence-corrected chi connectivity index (χ3v) is 5.04. The second-order valence-electron chi connectivity index (χ2n) is 6.97. The van der Waals surface area contributed by atoms with Crippen molar-refractivity contribution in [1.82, 2.24) is 35.3 Å². The molecule has 0 amide bonds. The molecule has 1 atom stereocenters. The minimum Gasteiger partial charge on any atom is -0.339 e. The van der Waals surface area contributed by atoms with Gasteiger partial charge in [0.05, 0.1) is 6.04 Å². The maximum Gasteiger partial charge on any atom is 0.254 e. The van der Waals surface area contributed by atoms with Gasteiger partial charge in [0.15, 0.2) is 5.82 Å². The summed E-state index contributed by atoms with van der Waals surface area (Å²) in [7, 11) is 2.06. The molecule has 2 N–H and O–H groups in total. The molecule has 0 saturated carbocycles. The van der Waals surface area contributed by atoms with Crippen LogP contribution in [0.3, 0.4) is 0 Å². The number of likely N-dealkylation sites (N-methyl/N-ethyl adjacent to an activating group) is 1. The van der Waals surface area contributed by atoms with Crippen molar-refractivity contribution < 1.29 is 4.52 Å². The summed E-state index contributed by atoms with van der Waals surface area (Å²) in [5.41, 5.74) is 1.95. The zero-order valence-corrected chi connectivity index (χ0v) is 17.2. The highest BCUT2D eigenvalue weighted by molar-refractivity contribution is 5.85. The highest BCUT2D eigenvalue weighted by Crippen LogP contribution is 2.18. The smallest absolute Gasteiger partial charge is 0.254 e. The molecule has 29 heavy (non-hydrogen) atoms. The molecular weight excluding hydrogens is 394 g/mol. The zero-order valence-electron chi connectivity index (χ0n) is 16.4. The van der Waals surface area contributed by atoms with Gasteiger partial charge in [-0.15, -0.1) is 12.4 Å². The molecule has 0 aliphatic carbocycles. The predicted molar refractivity (Wildman–Crippen MR) is 110 cm³/mol. The average Bonchev–Trinajstić information content (AvgIpc) is 3.17. The molecule has 1 fully saturated rings. The van der Waals surface area contributed by atoms with E-state index >= 15 is 0 Å². The van der Waals surface area contributed by atoms with E-state index in [1.54, 1.807) is 12.4 Å². The number of nitrogens with one attached hydrogen (secondary N) is 2. The number of piperazine rings is 1. The second-order valence-corrected chi connectivity index (χ2v) is 6.97. The summed E-state index contributed by atoms with van der Waals surface area (Å²) in [6.45, 7) is 4.54. The number of rotatable bonds is 5. The number of halogens is 1. The Hall–Kier alpha value is -2.62. The molecule has 0 aromatic carbocycles. The Bertz CT molecular complexity index is 1010. The van der Waals surface area contributed by atoms with E-state index in [1.165, 1.54) is 0 Å². The summed E-state index contributed by atoms with van der Waals surface area (Å²) in [6.07, 6.45) is 4.34. The molecule has 4 rings (SSSR count). The first-order chi connectivity index (χ1) is 13.6. The van der Waals surface area contributed by atoms with E-state index in [9.17, 15) is 4.79 Å². The molecule has 3 aromatic rings. The Morgan fingerprint density at radius 1 is 1.31 bits per heavy atom. The lowest BCUT2D eigenvalue weighted by Crippen LogP contribution is -2.44. The summed E-state index contributed by atoms with van der Waals surface area (Å²) >= 11 is 0. The van der Waals surface area contributed by atoms with Gasteiger partial charge < -0.3 is 14.8 Å². The molecule has 154 valence electrons. The molecule has 1 aliphatic rings. The van der Waals surface area contributed by atoms with E-state index in [2.05, 4.69) is 42.4 Å². The Morgan fingerprint density at radius 3 is 2.90 bits per heavy atom. The topological polar surface area (TPSA) is 113 Å². The van der Waals surface area contributed by atoms with Crippen LogP contribution in [0.4, 0.5) is 0 Å². The molecule has 4 heterocycles. The van der Waals surface area contributed by atoms with E-state index in [-0.39, 0.29) is 24.0 Å². The first-order valence-corrected chi connectivity index (χ1v) is 9.35. The summed E-state index contributed by atoms with van der Waals surface area (Å²) in [6, 6.07) is 3.78. The fourth-order valence-electron chi connectivity index (χ4n) is 3.38. The second kappa shape index (κ2) is 9.25. The van der Waals surface area contributed by atoms with Crippen LogP contribution in [-0.4, -0.2) is 56.7 Å². The first-order valence-electron chi connectivity index (χ1n) is 9.35. The monoisotopic (exact) mass is 417 g/mol. The van der Waals surface area contributed by atoms with Crippen molar-refractivity contribution in [3.63, 3.8) is 0 Å². The van der Waals surface area contributed by atoms with Crippen LogP contribution in [0.25, 0.3) is 11.4 Å². The van der Waals surface area contributed by atoms with Crippen LogP contribution >= 0.6 is 12.4 Å². The molecule has 1 saturated heterocycles. The average molecular weight is 418 g/mol. The summed E-state index contributed by atoms with van der Waals surface area (Å²) in [5, 5.41) is 7.47. The largest absolute Gasteiger partial charge is 0.339 e. The van der Waals surface area contributed by atoms with Gasteiger partial charge in [-0.1, -0.05) is 5.16 Å². The lowest BCUT2D eigenvalue weighted by Gasteiger charge is -2.30. The van der Waals surface area contributed by atoms with Gasteiger partial charge in [-0.3, -0.25) is 14.7 Å². The van der Waals surface area contributed by atoms with Gasteiger partial charge in [-0.2, -0.15) is 4.98 Å². The van der Waals surface area contributed by atoms with Crippen LogP contribution in [-0.2, 0) is 12.8 Å². The number of pyridine rings is 1. The van der Waals surface area contributed by atoms with Crippen LogP contribution in [0.2, 0.25) is 0 Å². The number of hydrogen-bond donors (Lipinski definition) is 2. The molecule has 3 aromatic heterocycles. The molecule has 0 bridgehead atoms. The molecule has 10 heteroatoms. The van der Waals surface area contributed by atoms with Crippen molar-refractivity contribution in [2.75, 3.05) is 26.7 Å². The minimum atomic E-state index is -0.151. The fourth-order valence-corrected chi connectivity index (χ4v) is 3.38. The normalized spacial score (nSPS) is 17.1. The third-order valence-electron chi connectivity index (χ3n) is 5.04. The first kappa shape index (κ1) is 21.1. The third kappa shape index (κ3) is 4.69. The molecule has 0 spiro atoms. The van der Waals surface area contributed by atoms with E-state index in [4.69, 9.17) is 4.52 Å². The molecule has 9 nitrogen and oxygen atoms in total. The van der Waals surface area contributed by atoms with Crippen molar-refractivity contribution >= 4 is 12.4 Å². The van der Waals surface area contributed by atoms with Crippen molar-refractivity contribution in [2.24, 2.45) is 0 Å². The fraction of sp³-hybridized carbons (Fsp3) is 0.421. The lowest BCUT2D eigenvalue weighted by atomic mass is 10.1. The SMILES string of the molecule is Cc1nc(-c2cccnc2)[nH]c(=O)c1CCc1nc(C2CNCCN2C)no1.Cl. The highest BCUT2D eigenvalue weighted by atomic mass is 35.5. The van der Waals surface area contributed by atoms with Crippen LogP contribution in [0.5, 0.6) is 0 Å². The zero-order chi connectivity index (χ0) is 19.5. The molecule has 0 radical (unpaired) electrons.